The lowest BCUT2D eigenvalue weighted by atomic mass is 9.89. The van der Waals surface area contributed by atoms with E-state index in [9.17, 15) is 4.79 Å². The Kier molecular flexibility index (Phi) is 8.11. The zero-order valence-electron chi connectivity index (χ0n) is 17.7. The molecule has 2 rings (SSSR count). The van der Waals surface area contributed by atoms with Crippen LogP contribution in [-0.4, -0.2) is 57.9 Å². The summed E-state index contributed by atoms with van der Waals surface area (Å²) in [5.74, 6) is 1.52. The van der Waals surface area contributed by atoms with Gasteiger partial charge in [0.25, 0.3) is 5.91 Å². The summed E-state index contributed by atoms with van der Waals surface area (Å²) in [7, 11) is 1.73. The van der Waals surface area contributed by atoms with Crippen molar-refractivity contribution in [2.75, 3.05) is 44.8 Å². The standard InChI is InChI=1S/C21H34N4O3/c1-6-22-20(24-14-18(27-5)21(2,3)4)23-12-9-13-25-16-10-7-8-11-17(16)28-15-19(25)26/h7-8,10-11,18H,6,9,12-15H2,1-5H3,(H2,22,23,24). The van der Waals surface area contributed by atoms with Gasteiger partial charge in [-0.3, -0.25) is 9.79 Å². The van der Waals surface area contributed by atoms with E-state index in [0.717, 1.165) is 30.4 Å². The number of anilines is 1. The van der Waals surface area contributed by atoms with Crippen LogP contribution in [0.2, 0.25) is 0 Å². The SMILES string of the molecule is CCNC(=NCC(OC)C(C)(C)C)NCCCN1C(=O)COc2ccccc21. The third kappa shape index (κ3) is 6.12. The fourth-order valence-electron chi connectivity index (χ4n) is 3.06. The summed E-state index contributed by atoms with van der Waals surface area (Å²) in [6, 6.07) is 7.65. The quantitative estimate of drug-likeness (QED) is 0.405. The number of benzene rings is 1. The molecular weight excluding hydrogens is 356 g/mol. The number of fused-ring (bicyclic) bond motifs is 1. The van der Waals surface area contributed by atoms with Gasteiger partial charge in [0.1, 0.15) is 5.75 Å². The van der Waals surface area contributed by atoms with Gasteiger partial charge in [0.15, 0.2) is 12.6 Å². The molecule has 0 fully saturated rings. The van der Waals surface area contributed by atoms with Crippen molar-refractivity contribution in [2.24, 2.45) is 10.4 Å². The van der Waals surface area contributed by atoms with Gasteiger partial charge < -0.3 is 25.0 Å². The Morgan fingerprint density at radius 1 is 1.32 bits per heavy atom. The summed E-state index contributed by atoms with van der Waals surface area (Å²) in [6.45, 7) is 11.3. The van der Waals surface area contributed by atoms with Gasteiger partial charge in [-0.15, -0.1) is 0 Å². The molecule has 0 spiro atoms. The van der Waals surface area contributed by atoms with E-state index in [1.807, 2.05) is 31.2 Å². The first-order valence-electron chi connectivity index (χ1n) is 9.94. The minimum atomic E-state index is -0.00705. The van der Waals surface area contributed by atoms with Crippen molar-refractivity contribution in [3.8, 4) is 5.75 Å². The molecule has 0 aliphatic carbocycles. The second-order valence-electron chi connectivity index (χ2n) is 7.89. The number of guanidine groups is 1. The maximum Gasteiger partial charge on any atom is 0.265 e. The van der Waals surface area contributed by atoms with Crippen molar-refractivity contribution in [1.82, 2.24) is 10.6 Å². The Balaban J connectivity index is 1.88. The van der Waals surface area contributed by atoms with E-state index in [1.165, 1.54) is 0 Å². The summed E-state index contributed by atoms with van der Waals surface area (Å²) >= 11 is 0. The molecule has 7 heteroatoms. The van der Waals surface area contributed by atoms with Gasteiger partial charge in [-0.1, -0.05) is 32.9 Å². The van der Waals surface area contributed by atoms with E-state index in [2.05, 4.69) is 36.4 Å². The van der Waals surface area contributed by atoms with E-state index in [0.29, 0.717) is 19.6 Å². The number of methoxy groups -OCH3 is 1. The largest absolute Gasteiger partial charge is 0.482 e. The van der Waals surface area contributed by atoms with E-state index in [1.54, 1.807) is 12.0 Å². The Bertz CT molecular complexity index is 670. The highest BCUT2D eigenvalue weighted by atomic mass is 16.5. The van der Waals surface area contributed by atoms with E-state index in [4.69, 9.17) is 9.47 Å². The summed E-state index contributed by atoms with van der Waals surface area (Å²) in [5.41, 5.74) is 0.868. The molecule has 7 nitrogen and oxygen atoms in total. The molecule has 1 unspecified atom stereocenters. The maximum atomic E-state index is 12.2. The number of para-hydroxylation sites is 2. The third-order valence-electron chi connectivity index (χ3n) is 4.67. The normalized spacial score (nSPS) is 15.7. The number of aliphatic imine (C=N–C) groups is 1. The predicted molar refractivity (Wildman–Crippen MR) is 113 cm³/mol. The molecule has 0 saturated carbocycles. The molecule has 156 valence electrons. The highest BCUT2D eigenvalue weighted by molar-refractivity contribution is 5.97. The van der Waals surface area contributed by atoms with Crippen LogP contribution >= 0.6 is 0 Å². The summed E-state index contributed by atoms with van der Waals surface area (Å²) in [4.78, 5) is 18.7. The number of carbonyl (C=O) groups excluding carboxylic acids is 1. The topological polar surface area (TPSA) is 75.2 Å². The number of nitrogens with zero attached hydrogens (tertiary/aromatic N) is 2. The molecular formula is C21H34N4O3. The molecule has 0 bridgehead atoms. The summed E-state index contributed by atoms with van der Waals surface area (Å²) < 4.78 is 11.1. The first kappa shape index (κ1) is 22.0. The number of carbonyl (C=O) groups is 1. The van der Waals surface area contributed by atoms with Crippen LogP contribution < -0.4 is 20.3 Å². The zero-order chi connectivity index (χ0) is 20.6. The molecule has 1 amide bonds. The second kappa shape index (κ2) is 10.3. The Labute approximate surface area is 168 Å². The van der Waals surface area contributed by atoms with Crippen LogP contribution in [0, 0.1) is 5.41 Å². The van der Waals surface area contributed by atoms with Crippen molar-refractivity contribution in [3.63, 3.8) is 0 Å². The lowest BCUT2D eigenvalue weighted by Gasteiger charge is -2.29. The van der Waals surface area contributed by atoms with Crippen molar-refractivity contribution in [1.29, 1.82) is 0 Å². The highest BCUT2D eigenvalue weighted by Crippen LogP contribution is 2.31. The molecule has 1 aromatic carbocycles. The molecule has 0 aromatic heterocycles. The second-order valence-corrected chi connectivity index (χ2v) is 7.89. The number of ether oxygens (including phenoxy) is 2. The lowest BCUT2D eigenvalue weighted by Crippen LogP contribution is -2.42. The average molecular weight is 391 g/mol. The monoisotopic (exact) mass is 390 g/mol. The maximum absolute atomic E-state index is 12.2. The number of hydrogen-bond donors (Lipinski definition) is 2. The average Bonchev–Trinajstić information content (AvgIpc) is 2.65. The van der Waals surface area contributed by atoms with Crippen LogP contribution in [0.5, 0.6) is 5.75 Å². The molecule has 2 N–H and O–H groups in total. The van der Waals surface area contributed by atoms with Crippen LogP contribution in [0.3, 0.4) is 0 Å². The first-order chi connectivity index (χ1) is 13.4. The lowest BCUT2D eigenvalue weighted by molar-refractivity contribution is -0.121. The zero-order valence-corrected chi connectivity index (χ0v) is 17.7. The van der Waals surface area contributed by atoms with E-state index >= 15 is 0 Å². The minimum Gasteiger partial charge on any atom is -0.482 e. The summed E-state index contributed by atoms with van der Waals surface area (Å²) in [5, 5.41) is 6.60. The van der Waals surface area contributed by atoms with Gasteiger partial charge >= 0.3 is 0 Å². The molecule has 1 aliphatic heterocycles. The van der Waals surface area contributed by atoms with Crippen LogP contribution in [-0.2, 0) is 9.53 Å². The van der Waals surface area contributed by atoms with Crippen molar-refractivity contribution in [2.45, 2.75) is 40.2 Å². The third-order valence-corrected chi connectivity index (χ3v) is 4.67. The number of amides is 1. The van der Waals surface area contributed by atoms with Crippen LogP contribution in [0.15, 0.2) is 29.3 Å². The number of hydrogen-bond acceptors (Lipinski definition) is 4. The molecule has 1 atom stereocenters. The van der Waals surface area contributed by atoms with E-state index in [-0.39, 0.29) is 24.0 Å². The van der Waals surface area contributed by atoms with Gasteiger partial charge in [-0.05, 0) is 30.9 Å². The smallest absolute Gasteiger partial charge is 0.265 e. The van der Waals surface area contributed by atoms with Gasteiger partial charge in [0.05, 0.1) is 18.3 Å². The van der Waals surface area contributed by atoms with Crippen LogP contribution in [0.4, 0.5) is 5.69 Å². The van der Waals surface area contributed by atoms with E-state index < -0.39 is 0 Å². The predicted octanol–water partition coefficient (Wildman–Crippen LogP) is 2.42. The highest BCUT2D eigenvalue weighted by Gasteiger charge is 2.25. The van der Waals surface area contributed by atoms with Crippen molar-refractivity contribution < 1.29 is 14.3 Å². The molecule has 1 aliphatic rings. The molecule has 0 radical (unpaired) electrons. The number of rotatable bonds is 8. The number of nitrogens with one attached hydrogen (secondary N) is 2. The van der Waals surface area contributed by atoms with Gasteiger partial charge in [0, 0.05) is 26.7 Å². The first-order valence-corrected chi connectivity index (χ1v) is 9.94. The van der Waals surface area contributed by atoms with Crippen LogP contribution in [0.25, 0.3) is 0 Å². The molecule has 28 heavy (non-hydrogen) atoms. The summed E-state index contributed by atoms with van der Waals surface area (Å²) in [6.07, 6.45) is 0.850. The van der Waals surface area contributed by atoms with Crippen molar-refractivity contribution >= 4 is 17.6 Å². The van der Waals surface area contributed by atoms with Crippen LogP contribution in [0.1, 0.15) is 34.1 Å². The Morgan fingerprint density at radius 2 is 2.07 bits per heavy atom. The Morgan fingerprint density at radius 3 is 2.75 bits per heavy atom. The Hall–Kier alpha value is -2.28. The fraction of sp³-hybridized carbons (Fsp3) is 0.619. The molecule has 0 saturated heterocycles. The minimum absolute atomic E-state index is 0.00705. The fourth-order valence-corrected chi connectivity index (χ4v) is 3.06. The molecule has 1 aromatic rings. The van der Waals surface area contributed by atoms with Gasteiger partial charge in [-0.25, -0.2) is 0 Å². The molecule has 1 heterocycles. The van der Waals surface area contributed by atoms with Gasteiger partial charge in [-0.2, -0.15) is 0 Å². The van der Waals surface area contributed by atoms with Gasteiger partial charge in [0.2, 0.25) is 0 Å². The van der Waals surface area contributed by atoms with Crippen molar-refractivity contribution in [3.05, 3.63) is 24.3 Å².